The van der Waals surface area contributed by atoms with Crippen LogP contribution in [0.3, 0.4) is 0 Å². The van der Waals surface area contributed by atoms with Gasteiger partial charge in [-0.3, -0.25) is 19.2 Å². The molecule has 264 valence electrons. The van der Waals surface area contributed by atoms with Gasteiger partial charge in [-0.05, 0) is 36.1 Å². The van der Waals surface area contributed by atoms with Crippen LogP contribution in [0.15, 0.2) is 114 Å². The molecule has 3 aromatic rings. The molecule has 0 saturated carbocycles. The molecule has 0 aromatic heterocycles. The molecule has 3 amide bonds. The molecule has 2 N–H and O–H groups in total. The first-order valence-corrected chi connectivity index (χ1v) is 18.1. The Kier molecular flexibility index (Phi) is 9.96. The highest BCUT2D eigenvalue weighted by atomic mass is 79.9. The summed E-state index contributed by atoms with van der Waals surface area (Å²) in [5.74, 6) is -3.99. The second-order valence-electron chi connectivity index (χ2n) is 13.5. The second kappa shape index (κ2) is 14.6. The number of carbonyl (C=O) groups is 4. The Morgan fingerprint density at radius 2 is 1.57 bits per heavy atom. The molecule has 1 spiro atoms. The molecule has 5 bridgehead atoms. The summed E-state index contributed by atoms with van der Waals surface area (Å²) in [5.41, 5.74) is 0.674. The number of carbonyl (C=O) groups excluding carboxylic acids is 4. The van der Waals surface area contributed by atoms with Gasteiger partial charge in [0.25, 0.3) is 0 Å². The van der Waals surface area contributed by atoms with Crippen LogP contribution in [0, 0.1) is 11.8 Å². The van der Waals surface area contributed by atoms with Crippen LogP contribution in [0.2, 0.25) is 0 Å². The van der Waals surface area contributed by atoms with Crippen molar-refractivity contribution in [3.8, 4) is 0 Å². The molecule has 2 fully saturated rings. The standard InChI is InChI=1S/C40H40BrN3O7/c1-25-34(28-18-10-4-11-19-28)50-39(49)32-33-37(47)44(30(24-45)27-16-8-3-9-17-27)36(40(33)22-29(41)35(32)51-40)38(48)43(23-26-14-6-2-7-15-26)21-13-5-12-20-31(46)42-25/h2-11,13-19,22,25,30,32-36,45H,12,20-21,23-24H2,1H3,(H,42,46)/b13-5-/t25-,30+,32+,33-,34+,35+,36+,40-/m0/s1. The largest absolute Gasteiger partial charge is 0.455 e. The van der Waals surface area contributed by atoms with Crippen LogP contribution in [0.1, 0.15) is 48.6 Å². The molecule has 8 atom stereocenters. The van der Waals surface area contributed by atoms with Crippen molar-refractivity contribution < 1.29 is 33.8 Å². The summed E-state index contributed by atoms with van der Waals surface area (Å²) < 4.78 is 13.5. The van der Waals surface area contributed by atoms with Crippen molar-refractivity contribution in [3.63, 3.8) is 0 Å². The van der Waals surface area contributed by atoms with Crippen molar-refractivity contribution in [2.24, 2.45) is 11.8 Å². The Hall–Kier alpha value is -4.58. The fourth-order valence-electron chi connectivity index (χ4n) is 8.02. The predicted octanol–water partition coefficient (Wildman–Crippen LogP) is 4.76. The number of allylic oxidation sites excluding steroid dienone is 1. The van der Waals surface area contributed by atoms with E-state index in [1.54, 1.807) is 30.0 Å². The smallest absolute Gasteiger partial charge is 0.313 e. The number of aliphatic hydroxyl groups excluding tert-OH is 1. The monoisotopic (exact) mass is 753 g/mol. The SMILES string of the molecule is C[C@@H]1NC(=O)CC/C=C\CN(Cc2ccccc2)C(=O)[C@H]2N([C@H](CO)c3ccccc3)C(=O)[C@@H]3[C@@H](C(=O)O[C@H]1c1ccccc1)[C@@H]1O[C@@]32C=C1Br. The van der Waals surface area contributed by atoms with Gasteiger partial charge in [-0.25, -0.2) is 0 Å². The number of nitrogens with one attached hydrogen (secondary N) is 1. The minimum Gasteiger partial charge on any atom is -0.455 e. The van der Waals surface area contributed by atoms with E-state index in [4.69, 9.17) is 9.47 Å². The van der Waals surface area contributed by atoms with E-state index in [1.807, 2.05) is 91.0 Å². The first-order chi connectivity index (χ1) is 24.7. The highest BCUT2D eigenvalue weighted by molar-refractivity contribution is 9.11. The summed E-state index contributed by atoms with van der Waals surface area (Å²) in [6, 6.07) is 25.1. The molecular weight excluding hydrogens is 714 g/mol. The van der Waals surface area contributed by atoms with Gasteiger partial charge >= 0.3 is 5.97 Å². The van der Waals surface area contributed by atoms with Crippen LogP contribution in [0.5, 0.6) is 0 Å². The van der Waals surface area contributed by atoms with Crippen LogP contribution in [0.4, 0.5) is 0 Å². The van der Waals surface area contributed by atoms with Crippen LogP contribution < -0.4 is 5.32 Å². The summed E-state index contributed by atoms with van der Waals surface area (Å²) in [7, 11) is 0. The Morgan fingerprint density at radius 3 is 2.25 bits per heavy atom. The number of hydrogen-bond donors (Lipinski definition) is 2. The number of cyclic esters (lactones) is 1. The van der Waals surface area contributed by atoms with Gasteiger partial charge in [-0.1, -0.05) is 119 Å². The molecule has 2 saturated heterocycles. The number of benzene rings is 3. The molecule has 3 aromatic carbocycles. The molecule has 10 nitrogen and oxygen atoms in total. The van der Waals surface area contributed by atoms with Crippen molar-refractivity contribution in [1.82, 2.24) is 15.1 Å². The summed E-state index contributed by atoms with van der Waals surface area (Å²) in [5, 5.41) is 13.9. The average molecular weight is 755 g/mol. The molecular formula is C40H40BrN3O7. The van der Waals surface area contributed by atoms with E-state index >= 15 is 4.79 Å². The highest BCUT2D eigenvalue weighted by Gasteiger charge is 2.75. The van der Waals surface area contributed by atoms with Gasteiger partial charge < -0.3 is 29.7 Å². The minimum atomic E-state index is -1.53. The van der Waals surface area contributed by atoms with Crippen molar-refractivity contribution in [2.45, 2.75) is 62.2 Å². The average Bonchev–Trinajstić information content (AvgIpc) is 3.74. The quantitative estimate of drug-likeness (QED) is 0.275. The maximum Gasteiger partial charge on any atom is 0.313 e. The van der Waals surface area contributed by atoms with Crippen molar-refractivity contribution >= 4 is 39.6 Å². The van der Waals surface area contributed by atoms with Crippen LogP contribution >= 0.6 is 15.9 Å². The summed E-state index contributed by atoms with van der Waals surface area (Å²) >= 11 is 3.62. The number of hydrogen-bond acceptors (Lipinski definition) is 7. The van der Waals surface area contributed by atoms with Gasteiger partial charge in [0.15, 0.2) is 0 Å². The van der Waals surface area contributed by atoms with Crippen molar-refractivity contribution in [2.75, 3.05) is 13.2 Å². The number of rotatable bonds is 6. The maximum atomic E-state index is 15.2. The van der Waals surface area contributed by atoms with Crippen LogP contribution in [0.25, 0.3) is 0 Å². The number of amides is 3. The minimum absolute atomic E-state index is 0.190. The number of halogens is 1. The number of ether oxygens (including phenoxy) is 2. The molecule has 7 rings (SSSR count). The van der Waals surface area contributed by atoms with E-state index in [-0.39, 0.29) is 25.4 Å². The highest BCUT2D eigenvalue weighted by Crippen LogP contribution is 2.60. The molecule has 4 aliphatic heterocycles. The molecule has 0 radical (unpaired) electrons. The molecule has 4 aliphatic rings. The lowest BCUT2D eigenvalue weighted by Gasteiger charge is -2.39. The predicted molar refractivity (Wildman–Crippen MR) is 192 cm³/mol. The van der Waals surface area contributed by atoms with E-state index in [0.29, 0.717) is 22.0 Å². The molecule has 0 unspecified atom stereocenters. The second-order valence-corrected chi connectivity index (χ2v) is 14.4. The zero-order valence-corrected chi connectivity index (χ0v) is 29.7. The Morgan fingerprint density at radius 1 is 0.902 bits per heavy atom. The number of aliphatic hydroxyl groups is 1. The number of nitrogens with zero attached hydrogens (tertiary/aromatic N) is 2. The summed E-state index contributed by atoms with van der Waals surface area (Å²) in [4.78, 5) is 60.8. The first-order valence-electron chi connectivity index (χ1n) is 17.3. The van der Waals surface area contributed by atoms with Gasteiger partial charge in [0.2, 0.25) is 17.7 Å². The zero-order valence-electron chi connectivity index (χ0n) is 28.1. The summed E-state index contributed by atoms with van der Waals surface area (Å²) in [6.07, 6.45) is 4.35. The first kappa shape index (κ1) is 34.9. The van der Waals surface area contributed by atoms with E-state index < -0.39 is 72.2 Å². The van der Waals surface area contributed by atoms with E-state index in [1.165, 1.54) is 4.90 Å². The Balaban J connectivity index is 1.36. The lowest BCUT2D eigenvalue weighted by Crippen LogP contribution is -2.56. The topological polar surface area (TPSA) is 125 Å². The summed E-state index contributed by atoms with van der Waals surface area (Å²) in [6.45, 7) is 1.74. The van der Waals surface area contributed by atoms with Gasteiger partial charge in [0.05, 0.1) is 24.6 Å². The van der Waals surface area contributed by atoms with Crippen LogP contribution in [-0.2, 0) is 35.2 Å². The zero-order chi connectivity index (χ0) is 35.7. The lowest BCUT2D eigenvalue weighted by molar-refractivity contribution is -0.162. The van der Waals surface area contributed by atoms with Gasteiger partial charge in [0, 0.05) is 24.0 Å². The Bertz CT molecular complexity index is 1840. The third kappa shape index (κ3) is 6.43. The third-order valence-corrected chi connectivity index (χ3v) is 11.0. The van der Waals surface area contributed by atoms with Crippen molar-refractivity contribution in [1.29, 1.82) is 0 Å². The molecule has 11 heteroatoms. The molecule has 51 heavy (non-hydrogen) atoms. The van der Waals surface area contributed by atoms with Gasteiger partial charge in [-0.2, -0.15) is 0 Å². The fraction of sp³-hybridized carbons (Fsp3) is 0.350. The molecule has 4 heterocycles. The maximum absolute atomic E-state index is 15.2. The number of likely N-dealkylation sites (tertiary alicyclic amines) is 1. The van der Waals surface area contributed by atoms with Gasteiger partial charge in [0.1, 0.15) is 29.8 Å². The Labute approximate surface area is 305 Å². The van der Waals surface area contributed by atoms with E-state index in [0.717, 1.165) is 5.56 Å². The normalized spacial score (nSPS) is 30.8. The lowest BCUT2D eigenvalue weighted by atomic mass is 9.74. The van der Waals surface area contributed by atoms with Crippen LogP contribution in [-0.4, -0.2) is 75.5 Å². The fourth-order valence-corrected chi connectivity index (χ4v) is 8.76. The number of esters is 1. The van der Waals surface area contributed by atoms with E-state index in [9.17, 15) is 19.5 Å². The third-order valence-electron chi connectivity index (χ3n) is 10.3. The van der Waals surface area contributed by atoms with Crippen molar-refractivity contribution in [3.05, 3.63) is 130 Å². The number of fused-ring (bicyclic) bond motifs is 2. The molecule has 0 aliphatic carbocycles. The van der Waals surface area contributed by atoms with E-state index in [2.05, 4.69) is 21.2 Å². The van der Waals surface area contributed by atoms with Gasteiger partial charge in [-0.15, -0.1) is 0 Å².